The minimum atomic E-state index is -0.678. The number of benzene rings is 2. The summed E-state index contributed by atoms with van der Waals surface area (Å²) in [5, 5.41) is 10.4. The smallest absolute Gasteiger partial charge is 0.342 e. The third-order valence-corrected chi connectivity index (χ3v) is 4.95. The van der Waals surface area contributed by atoms with Crippen LogP contribution in [0.4, 0.5) is 5.69 Å². The molecule has 0 bridgehead atoms. The van der Waals surface area contributed by atoms with E-state index >= 15 is 0 Å². The highest BCUT2D eigenvalue weighted by Crippen LogP contribution is 2.22. The molecule has 4 aromatic rings. The Bertz CT molecular complexity index is 1320. The van der Waals surface area contributed by atoms with Gasteiger partial charge < -0.3 is 9.88 Å². The van der Waals surface area contributed by atoms with Crippen molar-refractivity contribution in [2.45, 2.75) is 19.4 Å². The van der Waals surface area contributed by atoms with Crippen LogP contribution in [-0.2, 0) is 17.8 Å². The van der Waals surface area contributed by atoms with E-state index in [4.69, 9.17) is 11.6 Å². The number of nitrogens with one attached hydrogen (secondary N) is 3. The monoisotopic (exact) mass is 423 g/mol. The van der Waals surface area contributed by atoms with E-state index in [1.165, 1.54) is 0 Å². The molecule has 1 amide bonds. The first-order chi connectivity index (χ1) is 14.5. The maximum atomic E-state index is 12.3. The van der Waals surface area contributed by atoms with Crippen molar-refractivity contribution in [3.63, 3.8) is 0 Å². The zero-order valence-electron chi connectivity index (χ0n) is 15.8. The van der Waals surface area contributed by atoms with Gasteiger partial charge in [-0.2, -0.15) is 5.10 Å². The lowest BCUT2D eigenvalue weighted by atomic mass is 10.2. The van der Waals surface area contributed by atoms with Gasteiger partial charge in [-0.15, -0.1) is 0 Å². The molecule has 2 aromatic carbocycles. The Hall–Kier alpha value is -3.65. The molecule has 0 aliphatic rings. The largest absolute Gasteiger partial charge is 0.343 e. The topological polar surface area (TPSA) is 113 Å². The standard InChI is InChI=1S/C21H18ClN5O3/c22-15-4-1-13(2-5-15)12-27-10-9-14-3-6-16(11-18(14)27)23-19(28)8-7-17-20(29)24-21(30)26-25-17/h1-6,9-11H,7-8,12H2,(H,23,28)(H2,24,26,29,30). The van der Waals surface area contributed by atoms with Gasteiger partial charge in [0.2, 0.25) is 5.91 Å². The average Bonchev–Trinajstić information content (AvgIpc) is 3.11. The van der Waals surface area contributed by atoms with E-state index in [9.17, 15) is 14.4 Å². The number of H-pyrrole nitrogens is 2. The Morgan fingerprint density at radius 3 is 2.67 bits per heavy atom. The van der Waals surface area contributed by atoms with Gasteiger partial charge in [0.25, 0.3) is 5.56 Å². The fourth-order valence-electron chi connectivity index (χ4n) is 3.18. The maximum Gasteiger partial charge on any atom is 0.342 e. The second-order valence-corrected chi connectivity index (χ2v) is 7.28. The predicted molar refractivity (Wildman–Crippen MR) is 115 cm³/mol. The first kappa shape index (κ1) is 19.7. The molecule has 0 saturated heterocycles. The van der Waals surface area contributed by atoms with Gasteiger partial charge in [-0.05, 0) is 41.3 Å². The molecule has 4 rings (SSSR count). The van der Waals surface area contributed by atoms with Crippen LogP contribution in [0.5, 0.6) is 0 Å². The molecule has 0 aliphatic carbocycles. The Labute approximate surface area is 175 Å². The van der Waals surface area contributed by atoms with Crippen LogP contribution in [-0.4, -0.2) is 25.7 Å². The predicted octanol–water partition coefficient (Wildman–Crippen LogP) is 2.69. The first-order valence-electron chi connectivity index (χ1n) is 9.29. The summed E-state index contributed by atoms with van der Waals surface area (Å²) in [5.74, 6) is -0.252. The van der Waals surface area contributed by atoms with E-state index in [2.05, 4.69) is 25.1 Å². The lowest BCUT2D eigenvalue weighted by Gasteiger charge is -2.09. The molecular weight excluding hydrogens is 406 g/mol. The number of hydrogen-bond donors (Lipinski definition) is 3. The summed E-state index contributed by atoms with van der Waals surface area (Å²) in [6.07, 6.45) is 2.18. The van der Waals surface area contributed by atoms with E-state index in [-0.39, 0.29) is 24.4 Å². The van der Waals surface area contributed by atoms with Crippen molar-refractivity contribution in [2.24, 2.45) is 0 Å². The number of carbonyl (C=O) groups excluding carboxylic acids is 1. The summed E-state index contributed by atoms with van der Waals surface area (Å²) in [6, 6.07) is 15.4. The summed E-state index contributed by atoms with van der Waals surface area (Å²) >= 11 is 5.95. The fourth-order valence-corrected chi connectivity index (χ4v) is 3.31. The summed E-state index contributed by atoms with van der Waals surface area (Å²) < 4.78 is 2.10. The Morgan fingerprint density at radius 1 is 1.10 bits per heavy atom. The highest BCUT2D eigenvalue weighted by molar-refractivity contribution is 6.30. The second kappa shape index (κ2) is 8.38. The molecule has 3 N–H and O–H groups in total. The first-order valence-corrected chi connectivity index (χ1v) is 9.67. The number of amides is 1. The van der Waals surface area contributed by atoms with Gasteiger partial charge >= 0.3 is 5.69 Å². The fraction of sp³-hybridized carbons (Fsp3) is 0.143. The van der Waals surface area contributed by atoms with Crippen molar-refractivity contribution in [2.75, 3.05) is 5.32 Å². The molecule has 8 nitrogen and oxygen atoms in total. The molecule has 30 heavy (non-hydrogen) atoms. The number of hydrogen-bond acceptors (Lipinski definition) is 4. The Balaban J connectivity index is 1.46. The molecule has 152 valence electrons. The molecule has 0 saturated carbocycles. The Morgan fingerprint density at radius 2 is 1.90 bits per heavy atom. The minimum absolute atomic E-state index is 0.0615. The van der Waals surface area contributed by atoms with Crippen LogP contribution in [0, 0.1) is 0 Å². The molecule has 0 radical (unpaired) electrons. The van der Waals surface area contributed by atoms with Crippen LogP contribution in [0.2, 0.25) is 5.02 Å². The van der Waals surface area contributed by atoms with Crippen LogP contribution in [0.25, 0.3) is 10.9 Å². The van der Waals surface area contributed by atoms with Crippen molar-refractivity contribution in [3.8, 4) is 0 Å². The number of rotatable bonds is 6. The van der Waals surface area contributed by atoms with Crippen LogP contribution in [0.3, 0.4) is 0 Å². The number of aromatic amines is 2. The van der Waals surface area contributed by atoms with Crippen molar-refractivity contribution >= 4 is 34.1 Å². The minimum Gasteiger partial charge on any atom is -0.343 e. The lowest BCUT2D eigenvalue weighted by Crippen LogP contribution is -2.28. The van der Waals surface area contributed by atoms with Gasteiger partial charge in [0.15, 0.2) is 0 Å². The van der Waals surface area contributed by atoms with Crippen molar-refractivity contribution in [1.82, 2.24) is 19.7 Å². The van der Waals surface area contributed by atoms with Gasteiger partial charge in [0.1, 0.15) is 5.69 Å². The van der Waals surface area contributed by atoms with Gasteiger partial charge in [-0.25, -0.2) is 9.89 Å². The highest BCUT2D eigenvalue weighted by atomic mass is 35.5. The van der Waals surface area contributed by atoms with Crippen LogP contribution >= 0.6 is 11.6 Å². The number of anilines is 1. The average molecular weight is 424 g/mol. The van der Waals surface area contributed by atoms with E-state index in [0.717, 1.165) is 16.5 Å². The van der Waals surface area contributed by atoms with Crippen molar-refractivity contribution < 1.29 is 4.79 Å². The zero-order valence-corrected chi connectivity index (χ0v) is 16.6. The van der Waals surface area contributed by atoms with Crippen LogP contribution in [0.1, 0.15) is 17.7 Å². The summed E-state index contributed by atoms with van der Waals surface area (Å²) in [6.45, 7) is 0.679. The molecule has 9 heteroatoms. The van der Waals surface area contributed by atoms with E-state index in [1.807, 2.05) is 54.7 Å². The molecule has 2 heterocycles. The number of nitrogens with zero attached hydrogens (tertiary/aromatic N) is 2. The molecule has 0 spiro atoms. The number of aromatic nitrogens is 4. The van der Waals surface area contributed by atoms with Crippen LogP contribution in [0.15, 0.2) is 64.3 Å². The maximum absolute atomic E-state index is 12.3. The lowest BCUT2D eigenvalue weighted by molar-refractivity contribution is -0.116. The molecule has 0 fully saturated rings. The number of carbonyl (C=O) groups is 1. The van der Waals surface area contributed by atoms with Gasteiger partial charge in [-0.1, -0.05) is 29.8 Å². The van der Waals surface area contributed by atoms with E-state index in [0.29, 0.717) is 17.3 Å². The quantitative estimate of drug-likeness (QED) is 0.442. The summed E-state index contributed by atoms with van der Waals surface area (Å²) in [5.41, 5.74) is 1.60. The van der Waals surface area contributed by atoms with E-state index < -0.39 is 11.2 Å². The SMILES string of the molecule is O=C(CCc1n[nH]c(=O)[nH]c1=O)Nc1ccc2ccn(Cc3ccc(Cl)cc3)c2c1. The molecule has 0 unspecified atom stereocenters. The summed E-state index contributed by atoms with van der Waals surface area (Å²) in [4.78, 5) is 37.0. The number of fused-ring (bicyclic) bond motifs is 1. The zero-order chi connectivity index (χ0) is 21.1. The normalized spacial score (nSPS) is 11.0. The molecule has 0 aliphatic heterocycles. The molecular formula is C21H18ClN5O3. The third-order valence-electron chi connectivity index (χ3n) is 4.69. The van der Waals surface area contributed by atoms with Gasteiger partial charge in [-0.3, -0.25) is 14.6 Å². The number of halogens is 1. The highest BCUT2D eigenvalue weighted by Gasteiger charge is 2.09. The van der Waals surface area contributed by atoms with Gasteiger partial charge in [0.05, 0.1) is 5.52 Å². The molecule has 0 atom stereocenters. The Kier molecular flexibility index (Phi) is 5.49. The molecule has 2 aromatic heterocycles. The third kappa shape index (κ3) is 4.49. The summed E-state index contributed by atoms with van der Waals surface area (Å²) in [7, 11) is 0. The van der Waals surface area contributed by atoms with Crippen molar-refractivity contribution in [1.29, 1.82) is 0 Å². The number of aryl methyl sites for hydroxylation is 1. The van der Waals surface area contributed by atoms with Gasteiger partial charge in [0, 0.05) is 36.3 Å². The van der Waals surface area contributed by atoms with E-state index in [1.54, 1.807) is 0 Å². The van der Waals surface area contributed by atoms with Crippen LogP contribution < -0.4 is 16.6 Å². The van der Waals surface area contributed by atoms with Crippen molar-refractivity contribution in [3.05, 3.63) is 91.8 Å². The second-order valence-electron chi connectivity index (χ2n) is 6.85.